The fraction of sp³-hybridized carbons (Fsp3) is 1.00. The predicted molar refractivity (Wildman–Crippen MR) is 66.1 cm³/mol. The standard InChI is InChI=1S/C14H28O/c1-13(2,3)7-5-11-15-12-6-8-14(4)9-10-14/h5-12H2,1-4H3. The van der Waals surface area contributed by atoms with Gasteiger partial charge in [0.15, 0.2) is 0 Å². The molecule has 1 fully saturated rings. The van der Waals surface area contributed by atoms with Gasteiger partial charge in [-0.2, -0.15) is 0 Å². The molecule has 0 bridgehead atoms. The van der Waals surface area contributed by atoms with Crippen LogP contribution in [0.2, 0.25) is 0 Å². The normalized spacial score (nSPS) is 19.2. The summed E-state index contributed by atoms with van der Waals surface area (Å²) in [6, 6.07) is 0. The van der Waals surface area contributed by atoms with Crippen LogP contribution in [0.4, 0.5) is 0 Å². The van der Waals surface area contributed by atoms with Gasteiger partial charge in [0.1, 0.15) is 0 Å². The molecule has 1 rings (SSSR count). The average Bonchev–Trinajstić information content (AvgIpc) is 2.81. The third-order valence-corrected chi connectivity index (χ3v) is 3.39. The molecule has 90 valence electrons. The van der Waals surface area contributed by atoms with Gasteiger partial charge in [-0.15, -0.1) is 0 Å². The summed E-state index contributed by atoms with van der Waals surface area (Å²) in [7, 11) is 0. The van der Waals surface area contributed by atoms with Gasteiger partial charge in [0.25, 0.3) is 0 Å². The van der Waals surface area contributed by atoms with Crippen molar-refractivity contribution < 1.29 is 4.74 Å². The zero-order valence-corrected chi connectivity index (χ0v) is 11.1. The van der Waals surface area contributed by atoms with E-state index in [0.717, 1.165) is 13.2 Å². The topological polar surface area (TPSA) is 9.23 Å². The van der Waals surface area contributed by atoms with Crippen LogP contribution in [0.5, 0.6) is 0 Å². The fourth-order valence-electron chi connectivity index (χ4n) is 1.87. The lowest BCUT2D eigenvalue weighted by Gasteiger charge is -2.17. The molecule has 0 unspecified atom stereocenters. The first-order valence-corrected chi connectivity index (χ1v) is 6.49. The number of hydrogen-bond acceptors (Lipinski definition) is 1. The van der Waals surface area contributed by atoms with Crippen LogP contribution in [0.3, 0.4) is 0 Å². The van der Waals surface area contributed by atoms with Gasteiger partial charge in [0, 0.05) is 13.2 Å². The summed E-state index contributed by atoms with van der Waals surface area (Å²) in [5.74, 6) is 0. The Bertz CT molecular complexity index is 165. The van der Waals surface area contributed by atoms with E-state index in [-0.39, 0.29) is 0 Å². The molecule has 0 atom stereocenters. The zero-order chi connectivity index (χ0) is 11.4. The maximum Gasteiger partial charge on any atom is 0.0466 e. The van der Waals surface area contributed by atoms with Crippen LogP contribution in [0, 0.1) is 10.8 Å². The lowest BCUT2D eigenvalue weighted by Crippen LogP contribution is -2.07. The molecule has 0 saturated heterocycles. The van der Waals surface area contributed by atoms with E-state index in [4.69, 9.17) is 4.74 Å². The van der Waals surface area contributed by atoms with Crippen molar-refractivity contribution in [3.63, 3.8) is 0 Å². The fourth-order valence-corrected chi connectivity index (χ4v) is 1.87. The van der Waals surface area contributed by atoms with Crippen LogP contribution in [0.15, 0.2) is 0 Å². The molecule has 0 aromatic heterocycles. The van der Waals surface area contributed by atoms with Crippen LogP contribution in [0.25, 0.3) is 0 Å². The Balaban J connectivity index is 1.81. The first-order valence-electron chi connectivity index (χ1n) is 6.49. The van der Waals surface area contributed by atoms with Gasteiger partial charge >= 0.3 is 0 Å². The molecule has 0 heterocycles. The molecule has 1 saturated carbocycles. The molecule has 0 aromatic carbocycles. The van der Waals surface area contributed by atoms with Crippen molar-refractivity contribution in [2.45, 2.75) is 66.2 Å². The SMILES string of the molecule is CC(C)(C)CCCOCCCC1(C)CC1. The van der Waals surface area contributed by atoms with Crippen molar-refractivity contribution in [3.05, 3.63) is 0 Å². The third-order valence-electron chi connectivity index (χ3n) is 3.39. The lowest BCUT2D eigenvalue weighted by molar-refractivity contribution is 0.115. The Morgan fingerprint density at radius 1 is 1.07 bits per heavy atom. The van der Waals surface area contributed by atoms with Crippen molar-refractivity contribution in [3.8, 4) is 0 Å². The minimum Gasteiger partial charge on any atom is -0.381 e. The van der Waals surface area contributed by atoms with Crippen molar-refractivity contribution >= 4 is 0 Å². The summed E-state index contributed by atoms with van der Waals surface area (Å²) < 4.78 is 5.65. The van der Waals surface area contributed by atoms with Crippen LogP contribution >= 0.6 is 0 Å². The second kappa shape index (κ2) is 5.34. The summed E-state index contributed by atoms with van der Waals surface area (Å²) in [5, 5.41) is 0. The molecule has 1 aliphatic rings. The maximum atomic E-state index is 5.65. The van der Waals surface area contributed by atoms with Crippen molar-refractivity contribution in [1.29, 1.82) is 0 Å². The molecular weight excluding hydrogens is 184 g/mol. The number of ether oxygens (including phenoxy) is 1. The highest BCUT2D eigenvalue weighted by Gasteiger charge is 2.35. The Morgan fingerprint density at radius 3 is 2.20 bits per heavy atom. The first-order chi connectivity index (χ1) is 6.91. The summed E-state index contributed by atoms with van der Waals surface area (Å²) in [4.78, 5) is 0. The highest BCUT2D eigenvalue weighted by molar-refractivity contribution is 4.87. The van der Waals surface area contributed by atoms with E-state index in [9.17, 15) is 0 Å². The molecule has 1 nitrogen and oxygen atoms in total. The molecule has 1 heteroatoms. The van der Waals surface area contributed by atoms with Gasteiger partial charge in [-0.05, 0) is 49.4 Å². The molecular formula is C14H28O. The van der Waals surface area contributed by atoms with Gasteiger partial charge in [-0.3, -0.25) is 0 Å². The third kappa shape index (κ3) is 6.94. The maximum absolute atomic E-state index is 5.65. The first kappa shape index (κ1) is 13.0. The Hall–Kier alpha value is -0.0400. The predicted octanol–water partition coefficient (Wildman–Crippen LogP) is 4.41. The van der Waals surface area contributed by atoms with E-state index in [1.165, 1.54) is 38.5 Å². The smallest absolute Gasteiger partial charge is 0.0466 e. The highest BCUT2D eigenvalue weighted by atomic mass is 16.5. The van der Waals surface area contributed by atoms with Gasteiger partial charge in [-0.1, -0.05) is 27.7 Å². The summed E-state index contributed by atoms with van der Waals surface area (Å²) >= 11 is 0. The van der Waals surface area contributed by atoms with Gasteiger partial charge in [0.2, 0.25) is 0 Å². The summed E-state index contributed by atoms with van der Waals surface area (Å²) in [6.07, 6.45) is 7.98. The second-order valence-electron chi connectivity index (χ2n) is 6.69. The molecule has 0 radical (unpaired) electrons. The average molecular weight is 212 g/mol. The Kier molecular flexibility index (Phi) is 4.64. The quantitative estimate of drug-likeness (QED) is 0.568. The van der Waals surface area contributed by atoms with Crippen LogP contribution in [0.1, 0.15) is 66.2 Å². The van der Waals surface area contributed by atoms with Gasteiger partial charge in [-0.25, -0.2) is 0 Å². The van der Waals surface area contributed by atoms with Crippen LogP contribution < -0.4 is 0 Å². The molecule has 0 aromatic rings. The number of hydrogen-bond donors (Lipinski definition) is 0. The number of rotatable bonds is 7. The molecule has 15 heavy (non-hydrogen) atoms. The zero-order valence-electron chi connectivity index (χ0n) is 11.1. The summed E-state index contributed by atoms with van der Waals surface area (Å²) in [6.45, 7) is 11.2. The monoisotopic (exact) mass is 212 g/mol. The minimum absolute atomic E-state index is 0.463. The minimum atomic E-state index is 0.463. The van der Waals surface area contributed by atoms with Crippen molar-refractivity contribution in [1.82, 2.24) is 0 Å². The van der Waals surface area contributed by atoms with E-state index < -0.39 is 0 Å². The molecule has 0 amide bonds. The van der Waals surface area contributed by atoms with E-state index in [1.807, 2.05) is 0 Å². The van der Waals surface area contributed by atoms with Gasteiger partial charge in [0.05, 0.1) is 0 Å². The lowest BCUT2D eigenvalue weighted by atomic mass is 9.91. The Morgan fingerprint density at radius 2 is 1.67 bits per heavy atom. The highest BCUT2D eigenvalue weighted by Crippen LogP contribution is 2.48. The molecule has 1 aliphatic carbocycles. The van der Waals surface area contributed by atoms with Gasteiger partial charge < -0.3 is 4.74 Å². The van der Waals surface area contributed by atoms with E-state index >= 15 is 0 Å². The van der Waals surface area contributed by atoms with E-state index in [2.05, 4.69) is 27.7 Å². The van der Waals surface area contributed by atoms with Crippen LogP contribution in [-0.4, -0.2) is 13.2 Å². The summed E-state index contributed by atoms with van der Waals surface area (Å²) in [5.41, 5.74) is 1.17. The Labute approximate surface area is 95.6 Å². The second-order valence-corrected chi connectivity index (χ2v) is 6.69. The van der Waals surface area contributed by atoms with Crippen LogP contribution in [-0.2, 0) is 4.74 Å². The molecule has 0 aliphatic heterocycles. The van der Waals surface area contributed by atoms with Crippen molar-refractivity contribution in [2.24, 2.45) is 10.8 Å². The molecule has 0 N–H and O–H groups in total. The largest absolute Gasteiger partial charge is 0.381 e. The molecule has 0 spiro atoms. The van der Waals surface area contributed by atoms with E-state index in [0.29, 0.717) is 10.8 Å². The van der Waals surface area contributed by atoms with E-state index in [1.54, 1.807) is 0 Å². The van der Waals surface area contributed by atoms with Crippen molar-refractivity contribution in [2.75, 3.05) is 13.2 Å².